The second-order valence-electron chi connectivity index (χ2n) is 6.19. The average Bonchev–Trinajstić information content (AvgIpc) is 3.41. The normalized spacial score (nSPS) is 13.2. The van der Waals surface area contributed by atoms with Crippen LogP contribution in [0.5, 0.6) is 5.75 Å². The summed E-state index contributed by atoms with van der Waals surface area (Å²) < 4.78 is 5.42. The third kappa shape index (κ3) is 4.90. The van der Waals surface area contributed by atoms with E-state index in [1.807, 2.05) is 6.92 Å². The summed E-state index contributed by atoms with van der Waals surface area (Å²) in [5.41, 5.74) is 1.93. The SMILES string of the molecule is Cc1ccc(C(=O)NC2CC2)cc1NC(=O)COc1cc(Cl)ccc1Cl. The Balaban J connectivity index is 1.62. The first-order valence-electron chi connectivity index (χ1n) is 8.21. The number of aryl methyl sites for hydroxylation is 1. The summed E-state index contributed by atoms with van der Waals surface area (Å²) >= 11 is 11.9. The summed E-state index contributed by atoms with van der Waals surface area (Å²) in [6.07, 6.45) is 2.04. The van der Waals surface area contributed by atoms with Gasteiger partial charge in [0, 0.05) is 28.4 Å². The molecule has 0 aliphatic heterocycles. The van der Waals surface area contributed by atoms with Crippen LogP contribution in [0.25, 0.3) is 0 Å². The number of halogens is 2. The zero-order chi connectivity index (χ0) is 18.7. The maximum atomic E-state index is 12.2. The van der Waals surface area contributed by atoms with Gasteiger partial charge in [0.25, 0.3) is 11.8 Å². The van der Waals surface area contributed by atoms with Crippen molar-refractivity contribution >= 4 is 40.7 Å². The molecule has 0 aromatic heterocycles. The smallest absolute Gasteiger partial charge is 0.262 e. The molecule has 0 radical (unpaired) electrons. The molecule has 0 unspecified atom stereocenters. The van der Waals surface area contributed by atoms with E-state index in [-0.39, 0.29) is 24.5 Å². The van der Waals surface area contributed by atoms with Crippen LogP contribution in [0.2, 0.25) is 10.0 Å². The monoisotopic (exact) mass is 392 g/mol. The number of benzene rings is 2. The lowest BCUT2D eigenvalue weighted by Crippen LogP contribution is -2.26. The lowest BCUT2D eigenvalue weighted by Gasteiger charge is -2.12. The van der Waals surface area contributed by atoms with E-state index in [9.17, 15) is 9.59 Å². The fourth-order valence-corrected chi connectivity index (χ4v) is 2.65. The Bertz CT molecular complexity index is 851. The topological polar surface area (TPSA) is 67.4 Å². The lowest BCUT2D eigenvalue weighted by atomic mass is 10.1. The van der Waals surface area contributed by atoms with Crippen LogP contribution in [0.4, 0.5) is 5.69 Å². The first-order valence-corrected chi connectivity index (χ1v) is 8.97. The summed E-state index contributed by atoms with van der Waals surface area (Å²) in [5, 5.41) is 6.52. The Morgan fingerprint density at radius 1 is 1.15 bits per heavy atom. The van der Waals surface area contributed by atoms with Gasteiger partial charge in [-0.1, -0.05) is 29.3 Å². The third-order valence-electron chi connectivity index (χ3n) is 3.94. The van der Waals surface area contributed by atoms with Gasteiger partial charge in [0.2, 0.25) is 0 Å². The number of ether oxygens (including phenoxy) is 1. The minimum Gasteiger partial charge on any atom is -0.482 e. The molecule has 0 saturated heterocycles. The summed E-state index contributed by atoms with van der Waals surface area (Å²) in [6.45, 7) is 1.63. The Hall–Kier alpha value is -2.24. The van der Waals surface area contributed by atoms with Crippen LogP contribution in [-0.4, -0.2) is 24.5 Å². The van der Waals surface area contributed by atoms with Crippen LogP contribution in [-0.2, 0) is 4.79 Å². The third-order valence-corrected chi connectivity index (χ3v) is 4.49. The minimum absolute atomic E-state index is 0.134. The van der Waals surface area contributed by atoms with Crippen LogP contribution >= 0.6 is 23.2 Å². The molecule has 1 fully saturated rings. The molecule has 5 nitrogen and oxygen atoms in total. The summed E-state index contributed by atoms with van der Waals surface area (Å²) in [5.74, 6) is -0.155. The largest absolute Gasteiger partial charge is 0.482 e. The van der Waals surface area contributed by atoms with Gasteiger partial charge in [-0.25, -0.2) is 0 Å². The van der Waals surface area contributed by atoms with Crippen molar-refractivity contribution < 1.29 is 14.3 Å². The quantitative estimate of drug-likeness (QED) is 0.773. The van der Waals surface area contributed by atoms with Gasteiger partial charge in [-0.3, -0.25) is 9.59 Å². The second-order valence-corrected chi connectivity index (χ2v) is 7.03. The summed E-state index contributed by atoms with van der Waals surface area (Å²) in [4.78, 5) is 24.3. The highest BCUT2D eigenvalue weighted by molar-refractivity contribution is 6.34. The highest BCUT2D eigenvalue weighted by Crippen LogP contribution is 2.27. The van der Waals surface area contributed by atoms with Crippen LogP contribution in [0.3, 0.4) is 0 Å². The van der Waals surface area contributed by atoms with Gasteiger partial charge in [-0.2, -0.15) is 0 Å². The number of carbonyl (C=O) groups excluding carboxylic acids is 2. The highest BCUT2D eigenvalue weighted by atomic mass is 35.5. The molecule has 7 heteroatoms. The standard InChI is InChI=1S/C19H18Cl2N2O3/c1-11-2-3-12(19(25)22-14-5-6-14)8-16(11)23-18(24)10-26-17-9-13(20)4-7-15(17)21/h2-4,7-9,14H,5-6,10H2,1H3,(H,22,25)(H,23,24). The van der Waals surface area contributed by atoms with Gasteiger partial charge in [0.15, 0.2) is 6.61 Å². The lowest BCUT2D eigenvalue weighted by molar-refractivity contribution is -0.118. The Morgan fingerprint density at radius 2 is 1.92 bits per heavy atom. The van der Waals surface area contributed by atoms with Gasteiger partial charge < -0.3 is 15.4 Å². The minimum atomic E-state index is -0.358. The van der Waals surface area contributed by atoms with Crippen molar-refractivity contribution in [3.8, 4) is 5.75 Å². The number of nitrogens with one attached hydrogen (secondary N) is 2. The van der Waals surface area contributed by atoms with Gasteiger partial charge in [0.05, 0.1) is 5.02 Å². The number of carbonyl (C=O) groups is 2. The van der Waals surface area contributed by atoms with Crippen molar-refractivity contribution in [2.24, 2.45) is 0 Å². The summed E-state index contributed by atoms with van der Waals surface area (Å²) in [7, 11) is 0. The van der Waals surface area contributed by atoms with Crippen molar-refractivity contribution in [1.29, 1.82) is 0 Å². The number of hydrogen-bond acceptors (Lipinski definition) is 3. The van der Waals surface area contributed by atoms with Gasteiger partial charge >= 0.3 is 0 Å². The molecule has 1 aliphatic rings. The van der Waals surface area contributed by atoms with Gasteiger partial charge in [0.1, 0.15) is 5.75 Å². The van der Waals surface area contributed by atoms with Crippen molar-refractivity contribution in [2.75, 3.05) is 11.9 Å². The molecule has 136 valence electrons. The Morgan fingerprint density at radius 3 is 2.65 bits per heavy atom. The van der Waals surface area contributed by atoms with E-state index < -0.39 is 0 Å². The predicted molar refractivity (Wildman–Crippen MR) is 102 cm³/mol. The van der Waals surface area contributed by atoms with Crippen molar-refractivity contribution in [3.63, 3.8) is 0 Å². The van der Waals surface area contributed by atoms with Crippen LogP contribution in [0.1, 0.15) is 28.8 Å². The fourth-order valence-electron chi connectivity index (χ4n) is 2.31. The van der Waals surface area contributed by atoms with E-state index in [1.165, 1.54) is 0 Å². The molecular formula is C19H18Cl2N2O3. The van der Waals surface area contributed by atoms with E-state index >= 15 is 0 Å². The first kappa shape index (κ1) is 18.5. The van der Waals surface area contributed by atoms with Crippen molar-refractivity contribution in [1.82, 2.24) is 5.32 Å². The number of amides is 2. The first-order chi connectivity index (χ1) is 12.4. The van der Waals surface area contributed by atoms with E-state index in [2.05, 4.69) is 10.6 Å². The molecule has 0 bridgehead atoms. The van der Waals surface area contributed by atoms with E-state index in [0.717, 1.165) is 18.4 Å². The maximum absolute atomic E-state index is 12.2. The molecular weight excluding hydrogens is 375 g/mol. The molecule has 1 aliphatic carbocycles. The zero-order valence-corrected chi connectivity index (χ0v) is 15.7. The van der Waals surface area contributed by atoms with Gasteiger partial charge in [-0.05, 0) is 49.6 Å². The molecule has 2 aromatic carbocycles. The van der Waals surface area contributed by atoms with Crippen LogP contribution in [0.15, 0.2) is 36.4 Å². The molecule has 1 saturated carbocycles. The second kappa shape index (κ2) is 7.98. The molecule has 2 N–H and O–H groups in total. The van der Waals surface area contributed by atoms with E-state index in [4.69, 9.17) is 27.9 Å². The van der Waals surface area contributed by atoms with Crippen LogP contribution < -0.4 is 15.4 Å². The van der Waals surface area contributed by atoms with E-state index in [1.54, 1.807) is 36.4 Å². The number of hydrogen-bond donors (Lipinski definition) is 2. The fraction of sp³-hybridized carbons (Fsp3) is 0.263. The molecule has 26 heavy (non-hydrogen) atoms. The Labute approximate surface area is 161 Å². The number of rotatable bonds is 6. The van der Waals surface area contributed by atoms with Crippen LogP contribution in [0, 0.1) is 6.92 Å². The molecule has 2 amide bonds. The van der Waals surface area contributed by atoms with Crippen molar-refractivity contribution in [3.05, 3.63) is 57.6 Å². The molecule has 0 atom stereocenters. The maximum Gasteiger partial charge on any atom is 0.262 e. The zero-order valence-electron chi connectivity index (χ0n) is 14.1. The molecule has 3 rings (SSSR count). The summed E-state index contributed by atoms with van der Waals surface area (Å²) in [6, 6.07) is 10.3. The molecule has 0 heterocycles. The Kier molecular flexibility index (Phi) is 5.69. The molecule has 0 spiro atoms. The predicted octanol–water partition coefficient (Wildman–Crippen LogP) is 4.21. The number of anilines is 1. The molecule has 2 aromatic rings. The highest BCUT2D eigenvalue weighted by Gasteiger charge is 2.24. The van der Waals surface area contributed by atoms with E-state index in [0.29, 0.717) is 27.0 Å². The van der Waals surface area contributed by atoms with Gasteiger partial charge in [-0.15, -0.1) is 0 Å². The van der Waals surface area contributed by atoms with Crippen molar-refractivity contribution in [2.45, 2.75) is 25.8 Å². The average molecular weight is 393 g/mol.